The topological polar surface area (TPSA) is 30.5 Å². The van der Waals surface area contributed by atoms with Crippen LogP contribution in [0.5, 0.6) is 11.5 Å². The normalized spacial score (nSPS) is 32.3. The van der Waals surface area contributed by atoms with Crippen LogP contribution in [0.4, 0.5) is 0 Å². The SMILES string of the molecule is CCOc1cc(CNC23CC4CC(CC(C4)C2)C3)cc(Cl)c1OC(C)C. The van der Waals surface area contributed by atoms with Crippen molar-refractivity contribution >= 4 is 11.6 Å². The molecule has 0 atom stereocenters. The van der Waals surface area contributed by atoms with Crippen molar-refractivity contribution in [2.24, 2.45) is 17.8 Å². The molecule has 1 aromatic rings. The van der Waals surface area contributed by atoms with Crippen LogP contribution >= 0.6 is 11.6 Å². The Balaban J connectivity index is 1.49. The lowest BCUT2D eigenvalue weighted by Gasteiger charge is -2.57. The van der Waals surface area contributed by atoms with E-state index in [-0.39, 0.29) is 6.10 Å². The predicted octanol–water partition coefficient (Wildman–Crippen LogP) is 5.58. The van der Waals surface area contributed by atoms with Gasteiger partial charge in [0.05, 0.1) is 17.7 Å². The van der Waals surface area contributed by atoms with E-state index in [2.05, 4.69) is 11.4 Å². The summed E-state index contributed by atoms with van der Waals surface area (Å²) in [6.45, 7) is 7.47. The number of ether oxygens (including phenoxy) is 2. The number of nitrogens with one attached hydrogen (secondary N) is 1. The van der Waals surface area contributed by atoms with Gasteiger partial charge in [0.25, 0.3) is 0 Å². The van der Waals surface area contributed by atoms with Gasteiger partial charge < -0.3 is 14.8 Å². The number of hydrogen-bond acceptors (Lipinski definition) is 3. The Kier molecular flexibility index (Phi) is 5.13. The van der Waals surface area contributed by atoms with Crippen LogP contribution in [-0.2, 0) is 6.54 Å². The second-order valence-corrected chi connectivity index (χ2v) is 9.46. The monoisotopic (exact) mass is 377 g/mol. The lowest BCUT2D eigenvalue weighted by Crippen LogP contribution is -2.58. The molecular formula is C22H32ClNO2. The van der Waals surface area contributed by atoms with Crippen LogP contribution in [0.3, 0.4) is 0 Å². The first-order chi connectivity index (χ1) is 12.5. The molecule has 0 aliphatic heterocycles. The Labute approximate surface area is 162 Å². The van der Waals surface area contributed by atoms with Gasteiger partial charge in [-0.15, -0.1) is 0 Å². The van der Waals surface area contributed by atoms with Crippen molar-refractivity contribution in [2.75, 3.05) is 6.61 Å². The van der Waals surface area contributed by atoms with Crippen molar-refractivity contribution in [3.63, 3.8) is 0 Å². The molecule has 3 nitrogen and oxygen atoms in total. The maximum absolute atomic E-state index is 6.54. The summed E-state index contributed by atoms with van der Waals surface area (Å²) >= 11 is 6.54. The Hall–Kier alpha value is -0.930. The summed E-state index contributed by atoms with van der Waals surface area (Å²) in [6, 6.07) is 4.13. The van der Waals surface area contributed by atoms with E-state index >= 15 is 0 Å². The van der Waals surface area contributed by atoms with E-state index < -0.39 is 0 Å². The van der Waals surface area contributed by atoms with Gasteiger partial charge in [-0.1, -0.05) is 11.6 Å². The maximum atomic E-state index is 6.54. The number of halogens is 1. The molecule has 4 aliphatic carbocycles. The van der Waals surface area contributed by atoms with Gasteiger partial charge in [0.2, 0.25) is 0 Å². The lowest BCUT2D eigenvalue weighted by atomic mass is 9.53. The zero-order valence-corrected chi connectivity index (χ0v) is 17.1. The fourth-order valence-electron chi connectivity index (χ4n) is 5.95. The minimum absolute atomic E-state index is 0.0720. The van der Waals surface area contributed by atoms with Gasteiger partial charge >= 0.3 is 0 Å². The quantitative estimate of drug-likeness (QED) is 0.672. The summed E-state index contributed by atoms with van der Waals surface area (Å²) in [5.41, 5.74) is 1.55. The third-order valence-corrected chi connectivity index (χ3v) is 6.71. The summed E-state index contributed by atoms with van der Waals surface area (Å²) in [4.78, 5) is 0. The molecule has 0 saturated heterocycles. The minimum atomic E-state index is 0.0720. The Morgan fingerprint density at radius 3 is 2.27 bits per heavy atom. The van der Waals surface area contributed by atoms with Gasteiger partial charge in [0, 0.05) is 12.1 Å². The molecule has 0 heterocycles. The average Bonchev–Trinajstić information content (AvgIpc) is 2.55. The number of benzene rings is 1. The molecule has 0 radical (unpaired) electrons. The third-order valence-electron chi connectivity index (χ3n) is 6.43. The average molecular weight is 378 g/mol. The molecule has 4 aliphatic rings. The summed E-state index contributed by atoms with van der Waals surface area (Å²) in [6.07, 6.45) is 8.58. The molecule has 0 aromatic heterocycles. The van der Waals surface area contributed by atoms with Gasteiger partial charge in [0.15, 0.2) is 11.5 Å². The first-order valence-corrected chi connectivity index (χ1v) is 10.7. The molecule has 1 aromatic carbocycles. The van der Waals surface area contributed by atoms with E-state index in [9.17, 15) is 0 Å². The first kappa shape index (κ1) is 18.4. The van der Waals surface area contributed by atoms with Crippen molar-refractivity contribution < 1.29 is 9.47 Å². The fourth-order valence-corrected chi connectivity index (χ4v) is 6.23. The predicted molar refractivity (Wildman–Crippen MR) is 106 cm³/mol. The van der Waals surface area contributed by atoms with E-state index in [0.717, 1.165) is 30.0 Å². The van der Waals surface area contributed by atoms with Gasteiger partial charge in [-0.05, 0) is 94.7 Å². The second-order valence-electron chi connectivity index (χ2n) is 9.06. The van der Waals surface area contributed by atoms with E-state index in [1.165, 1.54) is 44.1 Å². The molecule has 0 amide bonds. The van der Waals surface area contributed by atoms with Crippen LogP contribution < -0.4 is 14.8 Å². The molecule has 1 N–H and O–H groups in total. The van der Waals surface area contributed by atoms with Crippen LogP contribution in [0, 0.1) is 17.8 Å². The van der Waals surface area contributed by atoms with Crippen LogP contribution in [0.2, 0.25) is 5.02 Å². The molecule has 4 bridgehead atoms. The van der Waals surface area contributed by atoms with Gasteiger partial charge in [0.1, 0.15) is 0 Å². The Bertz CT molecular complexity index is 623. The van der Waals surface area contributed by atoms with Crippen molar-refractivity contribution in [2.45, 2.75) is 77.5 Å². The summed E-state index contributed by atoms with van der Waals surface area (Å²) in [7, 11) is 0. The summed E-state index contributed by atoms with van der Waals surface area (Å²) in [5.74, 6) is 4.30. The van der Waals surface area contributed by atoms with Crippen LogP contribution in [0.25, 0.3) is 0 Å². The van der Waals surface area contributed by atoms with Gasteiger partial charge in [-0.3, -0.25) is 0 Å². The van der Waals surface area contributed by atoms with Crippen molar-refractivity contribution in [1.82, 2.24) is 5.32 Å². The standard InChI is InChI=1S/C22H32ClNO2/c1-4-25-20-9-18(8-19(23)21(20)26-14(2)3)13-24-22-10-15-5-16(11-22)7-17(6-15)12-22/h8-9,14-17,24H,4-7,10-13H2,1-3H3. The molecule has 144 valence electrons. The van der Waals surface area contributed by atoms with Crippen LogP contribution in [0.1, 0.15) is 64.9 Å². The van der Waals surface area contributed by atoms with Crippen LogP contribution in [0.15, 0.2) is 12.1 Å². The lowest BCUT2D eigenvalue weighted by molar-refractivity contribution is -0.0206. The van der Waals surface area contributed by atoms with Crippen molar-refractivity contribution in [3.05, 3.63) is 22.7 Å². The minimum Gasteiger partial charge on any atom is -0.490 e. The zero-order valence-electron chi connectivity index (χ0n) is 16.3. The summed E-state index contributed by atoms with van der Waals surface area (Å²) in [5, 5.41) is 4.59. The molecule has 0 spiro atoms. The van der Waals surface area contributed by atoms with E-state index in [1.807, 2.05) is 26.8 Å². The highest BCUT2D eigenvalue weighted by Gasteiger charge is 2.50. The van der Waals surface area contributed by atoms with E-state index in [0.29, 0.717) is 22.9 Å². The molecule has 5 rings (SSSR count). The third kappa shape index (κ3) is 3.71. The smallest absolute Gasteiger partial charge is 0.180 e. The van der Waals surface area contributed by atoms with Crippen molar-refractivity contribution in [1.29, 1.82) is 0 Å². The largest absolute Gasteiger partial charge is 0.490 e. The van der Waals surface area contributed by atoms with E-state index in [1.54, 1.807) is 0 Å². The van der Waals surface area contributed by atoms with Crippen LogP contribution in [-0.4, -0.2) is 18.2 Å². The molecule has 0 unspecified atom stereocenters. The highest BCUT2D eigenvalue weighted by molar-refractivity contribution is 6.32. The zero-order chi connectivity index (χ0) is 18.3. The van der Waals surface area contributed by atoms with E-state index in [4.69, 9.17) is 21.1 Å². The maximum Gasteiger partial charge on any atom is 0.180 e. The Morgan fingerprint density at radius 2 is 1.73 bits per heavy atom. The van der Waals surface area contributed by atoms with Gasteiger partial charge in [-0.2, -0.15) is 0 Å². The summed E-state index contributed by atoms with van der Waals surface area (Å²) < 4.78 is 11.7. The molecular weight excluding hydrogens is 346 g/mol. The number of hydrogen-bond donors (Lipinski definition) is 1. The highest BCUT2D eigenvalue weighted by atomic mass is 35.5. The fraction of sp³-hybridized carbons (Fsp3) is 0.727. The highest BCUT2D eigenvalue weighted by Crippen LogP contribution is 2.55. The molecule has 26 heavy (non-hydrogen) atoms. The second kappa shape index (κ2) is 7.24. The molecule has 4 fully saturated rings. The molecule has 4 saturated carbocycles. The van der Waals surface area contributed by atoms with Gasteiger partial charge in [-0.25, -0.2) is 0 Å². The Morgan fingerprint density at radius 1 is 1.12 bits per heavy atom. The molecule has 4 heteroatoms. The number of rotatable bonds is 7. The van der Waals surface area contributed by atoms with Crippen molar-refractivity contribution in [3.8, 4) is 11.5 Å². The first-order valence-electron chi connectivity index (χ1n) is 10.3.